The second kappa shape index (κ2) is 3.51. The molecule has 0 bridgehead atoms. The van der Waals surface area contributed by atoms with E-state index >= 15 is 0 Å². The minimum Gasteiger partial charge on any atom is -0.323 e. The monoisotopic (exact) mass is 210 g/mol. The third-order valence-corrected chi connectivity index (χ3v) is 3.36. The van der Waals surface area contributed by atoms with Gasteiger partial charge in [0.1, 0.15) is 5.54 Å². The number of urea groups is 1. The number of carbonyl (C=O) groups is 2. The molecular weight excluding hydrogens is 192 g/mol. The van der Waals surface area contributed by atoms with Gasteiger partial charge in [0.15, 0.2) is 0 Å². The van der Waals surface area contributed by atoms with Gasteiger partial charge in [-0.1, -0.05) is 13.8 Å². The van der Waals surface area contributed by atoms with Crippen LogP contribution >= 0.6 is 0 Å². The number of nitrogens with one attached hydrogen (secondary N) is 2. The Hall–Kier alpha value is -1.06. The first-order valence-electron chi connectivity index (χ1n) is 5.68. The number of rotatable bonds is 4. The zero-order valence-electron chi connectivity index (χ0n) is 9.30. The van der Waals surface area contributed by atoms with Crippen molar-refractivity contribution in [3.05, 3.63) is 0 Å². The summed E-state index contributed by atoms with van der Waals surface area (Å²) in [5.41, 5.74) is -0.582. The Balaban J connectivity index is 2.10. The van der Waals surface area contributed by atoms with Crippen LogP contribution in [0.1, 0.15) is 39.5 Å². The topological polar surface area (TPSA) is 58.2 Å². The van der Waals surface area contributed by atoms with Crippen LogP contribution in [0.4, 0.5) is 4.79 Å². The van der Waals surface area contributed by atoms with Gasteiger partial charge >= 0.3 is 6.03 Å². The van der Waals surface area contributed by atoms with Crippen LogP contribution in [0, 0.1) is 11.8 Å². The highest BCUT2D eigenvalue weighted by molar-refractivity contribution is 6.07. The van der Waals surface area contributed by atoms with Crippen LogP contribution in [0.5, 0.6) is 0 Å². The first-order chi connectivity index (χ1) is 7.04. The minimum absolute atomic E-state index is 0.115. The molecule has 1 atom stereocenters. The van der Waals surface area contributed by atoms with E-state index in [1.54, 1.807) is 0 Å². The molecule has 1 saturated heterocycles. The third kappa shape index (κ3) is 1.85. The van der Waals surface area contributed by atoms with Crippen LogP contribution in [0.15, 0.2) is 0 Å². The van der Waals surface area contributed by atoms with Gasteiger partial charge in [0.25, 0.3) is 5.91 Å². The van der Waals surface area contributed by atoms with Gasteiger partial charge in [-0.05, 0) is 37.5 Å². The highest BCUT2D eigenvalue weighted by atomic mass is 16.2. The molecule has 3 amide bonds. The molecule has 2 aliphatic rings. The van der Waals surface area contributed by atoms with Crippen molar-refractivity contribution >= 4 is 11.9 Å². The largest absolute Gasteiger partial charge is 0.323 e. The molecule has 0 aromatic heterocycles. The van der Waals surface area contributed by atoms with Crippen LogP contribution in [-0.4, -0.2) is 17.5 Å². The van der Waals surface area contributed by atoms with Gasteiger partial charge in [-0.2, -0.15) is 0 Å². The van der Waals surface area contributed by atoms with Crippen molar-refractivity contribution in [3.63, 3.8) is 0 Å². The van der Waals surface area contributed by atoms with E-state index in [-0.39, 0.29) is 11.9 Å². The van der Waals surface area contributed by atoms with Gasteiger partial charge in [0, 0.05) is 0 Å². The average molecular weight is 210 g/mol. The summed E-state index contributed by atoms with van der Waals surface area (Å²) < 4.78 is 0. The summed E-state index contributed by atoms with van der Waals surface area (Å²) in [7, 11) is 0. The maximum Gasteiger partial charge on any atom is 0.322 e. The van der Waals surface area contributed by atoms with E-state index in [0.29, 0.717) is 11.8 Å². The lowest BCUT2D eigenvalue weighted by atomic mass is 9.86. The highest BCUT2D eigenvalue weighted by Gasteiger charge is 2.55. The molecule has 1 saturated carbocycles. The molecule has 2 N–H and O–H groups in total. The molecule has 15 heavy (non-hydrogen) atoms. The van der Waals surface area contributed by atoms with Crippen LogP contribution < -0.4 is 10.6 Å². The van der Waals surface area contributed by atoms with Crippen LogP contribution in [-0.2, 0) is 4.79 Å². The Morgan fingerprint density at radius 1 is 1.40 bits per heavy atom. The first-order valence-corrected chi connectivity index (χ1v) is 5.68. The summed E-state index contributed by atoms with van der Waals surface area (Å²) in [6.45, 7) is 4.27. The van der Waals surface area contributed by atoms with Crippen molar-refractivity contribution in [2.45, 2.75) is 45.1 Å². The third-order valence-electron chi connectivity index (χ3n) is 3.36. The van der Waals surface area contributed by atoms with E-state index in [4.69, 9.17) is 0 Å². The summed E-state index contributed by atoms with van der Waals surface area (Å²) in [5.74, 6) is 0.810. The van der Waals surface area contributed by atoms with Gasteiger partial charge in [-0.25, -0.2) is 4.79 Å². The Bertz CT molecular complexity index is 297. The maximum absolute atomic E-state index is 11.8. The summed E-state index contributed by atoms with van der Waals surface area (Å²) >= 11 is 0. The average Bonchev–Trinajstić information content (AvgIpc) is 2.91. The van der Waals surface area contributed by atoms with Gasteiger partial charge in [-0.15, -0.1) is 0 Å². The van der Waals surface area contributed by atoms with Crippen molar-refractivity contribution in [2.24, 2.45) is 11.8 Å². The normalized spacial score (nSPS) is 30.6. The van der Waals surface area contributed by atoms with Crippen molar-refractivity contribution in [1.82, 2.24) is 10.6 Å². The molecule has 84 valence electrons. The lowest BCUT2D eigenvalue weighted by Gasteiger charge is -2.26. The van der Waals surface area contributed by atoms with Gasteiger partial charge in [0.05, 0.1) is 0 Å². The van der Waals surface area contributed by atoms with Gasteiger partial charge < -0.3 is 5.32 Å². The van der Waals surface area contributed by atoms with E-state index in [2.05, 4.69) is 24.5 Å². The first kappa shape index (κ1) is 10.5. The molecule has 0 aromatic carbocycles. The molecule has 4 heteroatoms. The summed E-state index contributed by atoms with van der Waals surface area (Å²) in [4.78, 5) is 23.0. The SMILES string of the molecule is CC(C)CC[C@@]1(C2CC2)NC(=O)NC1=O. The lowest BCUT2D eigenvalue weighted by Crippen LogP contribution is -2.49. The Morgan fingerprint density at radius 3 is 2.47 bits per heavy atom. The Kier molecular flexibility index (Phi) is 2.44. The van der Waals surface area contributed by atoms with Crippen LogP contribution in [0.25, 0.3) is 0 Å². The van der Waals surface area contributed by atoms with Crippen LogP contribution in [0.2, 0.25) is 0 Å². The molecule has 0 spiro atoms. The molecule has 1 heterocycles. The fourth-order valence-electron chi connectivity index (χ4n) is 2.27. The summed E-state index contributed by atoms with van der Waals surface area (Å²) in [6, 6.07) is -0.323. The number of imide groups is 1. The van der Waals surface area contributed by atoms with Gasteiger partial charge in [-0.3, -0.25) is 10.1 Å². The molecule has 0 unspecified atom stereocenters. The van der Waals surface area contributed by atoms with E-state index in [9.17, 15) is 9.59 Å². The molecule has 0 radical (unpaired) electrons. The molecule has 0 aromatic rings. The smallest absolute Gasteiger partial charge is 0.322 e. The van der Waals surface area contributed by atoms with E-state index in [0.717, 1.165) is 25.7 Å². The minimum atomic E-state index is -0.582. The maximum atomic E-state index is 11.8. The highest BCUT2D eigenvalue weighted by Crippen LogP contribution is 2.44. The summed E-state index contributed by atoms with van der Waals surface area (Å²) in [5, 5.41) is 5.20. The quantitative estimate of drug-likeness (QED) is 0.689. The van der Waals surface area contributed by atoms with Crippen molar-refractivity contribution in [3.8, 4) is 0 Å². The van der Waals surface area contributed by atoms with Crippen molar-refractivity contribution in [1.29, 1.82) is 0 Å². The molecule has 1 aliphatic carbocycles. The molecular formula is C11H18N2O2. The molecule has 2 rings (SSSR count). The Morgan fingerprint density at radius 2 is 2.07 bits per heavy atom. The van der Waals surface area contributed by atoms with E-state index < -0.39 is 5.54 Å². The van der Waals surface area contributed by atoms with Crippen LogP contribution in [0.3, 0.4) is 0 Å². The fourth-order valence-corrected chi connectivity index (χ4v) is 2.27. The fraction of sp³-hybridized carbons (Fsp3) is 0.818. The van der Waals surface area contributed by atoms with E-state index in [1.165, 1.54) is 0 Å². The number of hydrogen-bond acceptors (Lipinski definition) is 2. The van der Waals surface area contributed by atoms with Crippen molar-refractivity contribution < 1.29 is 9.59 Å². The molecule has 2 fully saturated rings. The molecule has 1 aliphatic heterocycles. The number of hydrogen-bond donors (Lipinski definition) is 2. The summed E-state index contributed by atoms with van der Waals surface area (Å²) in [6.07, 6.45) is 3.87. The zero-order valence-corrected chi connectivity index (χ0v) is 9.30. The second-order valence-electron chi connectivity index (χ2n) is 5.09. The second-order valence-corrected chi connectivity index (χ2v) is 5.09. The molecule has 4 nitrogen and oxygen atoms in total. The number of amides is 3. The van der Waals surface area contributed by atoms with Crippen molar-refractivity contribution in [2.75, 3.05) is 0 Å². The zero-order chi connectivity index (χ0) is 11.1. The standard InChI is InChI=1S/C11H18N2O2/c1-7(2)5-6-11(8-3-4-8)9(14)12-10(15)13-11/h7-8H,3-6H2,1-2H3,(H2,12,13,14,15)/t11-/m0/s1. The predicted octanol–water partition coefficient (Wildman–Crippen LogP) is 1.41. The Labute approximate surface area is 89.8 Å². The predicted molar refractivity (Wildman–Crippen MR) is 56.2 cm³/mol. The van der Waals surface area contributed by atoms with E-state index in [1.807, 2.05) is 0 Å². The number of carbonyl (C=O) groups excluding carboxylic acids is 2. The lowest BCUT2D eigenvalue weighted by molar-refractivity contribution is -0.125. The van der Waals surface area contributed by atoms with Gasteiger partial charge in [0.2, 0.25) is 0 Å².